The Morgan fingerprint density at radius 1 is 0.565 bits per heavy atom. The Morgan fingerprint density at radius 3 is 1.78 bits per heavy atom. The lowest BCUT2D eigenvalue weighted by Crippen LogP contribution is -1.91. The highest BCUT2D eigenvalue weighted by atomic mass is 16.3. The van der Waals surface area contributed by atoms with Crippen LogP contribution in [0.2, 0.25) is 0 Å². The SMILES string of the molecule is CC(C)c1c(O)ccc2c1ccc1c3cccc(O)c3ccc21. The Labute approximate surface area is 134 Å². The van der Waals surface area contributed by atoms with Gasteiger partial charge in [-0.25, -0.2) is 0 Å². The summed E-state index contributed by atoms with van der Waals surface area (Å²) >= 11 is 0. The zero-order valence-electron chi connectivity index (χ0n) is 13.2. The van der Waals surface area contributed by atoms with Gasteiger partial charge in [-0.1, -0.05) is 56.3 Å². The summed E-state index contributed by atoms with van der Waals surface area (Å²) in [5.41, 5.74) is 0.986. The minimum atomic E-state index is 0.251. The zero-order valence-corrected chi connectivity index (χ0v) is 13.2. The molecule has 0 saturated heterocycles. The quantitative estimate of drug-likeness (QED) is 0.444. The van der Waals surface area contributed by atoms with E-state index in [0.29, 0.717) is 11.5 Å². The average Bonchev–Trinajstić information content (AvgIpc) is 2.53. The number of phenols is 2. The predicted octanol–water partition coefficient (Wildman–Crippen LogP) is 5.68. The van der Waals surface area contributed by atoms with Crippen molar-refractivity contribution in [2.75, 3.05) is 0 Å². The molecule has 114 valence electrons. The standard InChI is InChI=1S/C21H18O2/c1-12(2)21-18-9-7-14-13-4-3-5-19(22)17(13)8-6-15(14)16(18)10-11-20(21)23/h3-12,22-23H,1-2H3. The van der Waals surface area contributed by atoms with E-state index in [0.717, 1.165) is 37.9 Å². The summed E-state index contributed by atoms with van der Waals surface area (Å²) in [4.78, 5) is 0. The first-order valence-corrected chi connectivity index (χ1v) is 7.87. The molecule has 2 N–H and O–H groups in total. The minimum absolute atomic E-state index is 0.251. The number of hydrogen-bond donors (Lipinski definition) is 2. The monoisotopic (exact) mass is 302 g/mol. The summed E-state index contributed by atoms with van der Waals surface area (Å²) in [6.07, 6.45) is 0. The molecule has 4 rings (SSSR count). The molecule has 0 unspecified atom stereocenters. The molecule has 0 atom stereocenters. The maximum atomic E-state index is 10.2. The Morgan fingerprint density at radius 2 is 1.09 bits per heavy atom. The molecule has 0 radical (unpaired) electrons. The zero-order chi connectivity index (χ0) is 16.1. The van der Waals surface area contributed by atoms with Crippen LogP contribution in [-0.4, -0.2) is 10.2 Å². The van der Waals surface area contributed by atoms with Gasteiger partial charge in [-0.3, -0.25) is 0 Å². The van der Waals surface area contributed by atoms with Crippen molar-refractivity contribution in [3.05, 3.63) is 60.2 Å². The van der Waals surface area contributed by atoms with Crippen molar-refractivity contribution < 1.29 is 10.2 Å². The topological polar surface area (TPSA) is 40.5 Å². The van der Waals surface area contributed by atoms with E-state index in [4.69, 9.17) is 0 Å². The minimum Gasteiger partial charge on any atom is -0.508 e. The van der Waals surface area contributed by atoms with Crippen LogP contribution in [0.5, 0.6) is 11.5 Å². The molecule has 0 aliphatic heterocycles. The molecule has 0 aromatic heterocycles. The molecule has 4 aromatic carbocycles. The number of fused-ring (bicyclic) bond motifs is 5. The number of aromatic hydroxyl groups is 2. The molecule has 0 aliphatic carbocycles. The second-order valence-electron chi connectivity index (χ2n) is 6.35. The van der Waals surface area contributed by atoms with E-state index >= 15 is 0 Å². The van der Waals surface area contributed by atoms with Gasteiger partial charge in [0, 0.05) is 10.9 Å². The number of rotatable bonds is 1. The lowest BCUT2D eigenvalue weighted by atomic mass is 9.91. The van der Waals surface area contributed by atoms with Crippen molar-refractivity contribution in [2.45, 2.75) is 19.8 Å². The molecule has 2 nitrogen and oxygen atoms in total. The first-order chi connectivity index (χ1) is 11.1. The highest BCUT2D eigenvalue weighted by Crippen LogP contribution is 2.39. The van der Waals surface area contributed by atoms with Crippen LogP contribution in [0.3, 0.4) is 0 Å². The molecule has 2 heteroatoms. The summed E-state index contributed by atoms with van der Waals surface area (Å²) in [6, 6.07) is 17.6. The maximum absolute atomic E-state index is 10.2. The van der Waals surface area contributed by atoms with Gasteiger partial charge in [0.2, 0.25) is 0 Å². The molecule has 0 fully saturated rings. The molecule has 0 saturated carbocycles. The summed E-state index contributed by atoms with van der Waals surface area (Å²) in [5.74, 6) is 0.906. The predicted molar refractivity (Wildman–Crippen MR) is 96.4 cm³/mol. The molecule has 0 spiro atoms. The van der Waals surface area contributed by atoms with Crippen molar-refractivity contribution in [3.8, 4) is 11.5 Å². The molecule has 0 aliphatic rings. The summed E-state index contributed by atoms with van der Waals surface area (Å²) < 4.78 is 0. The van der Waals surface area contributed by atoms with E-state index in [1.54, 1.807) is 12.1 Å². The second kappa shape index (κ2) is 4.88. The Bertz CT molecular complexity index is 1060. The van der Waals surface area contributed by atoms with E-state index < -0.39 is 0 Å². The van der Waals surface area contributed by atoms with Crippen LogP contribution in [0.25, 0.3) is 32.3 Å². The van der Waals surface area contributed by atoms with Crippen LogP contribution in [0.15, 0.2) is 54.6 Å². The van der Waals surface area contributed by atoms with Gasteiger partial charge in [0.25, 0.3) is 0 Å². The average molecular weight is 302 g/mol. The Hall–Kier alpha value is -2.74. The number of hydrogen-bond acceptors (Lipinski definition) is 2. The van der Waals surface area contributed by atoms with Gasteiger partial charge < -0.3 is 10.2 Å². The third-order valence-electron chi connectivity index (χ3n) is 4.63. The molecular weight excluding hydrogens is 284 g/mol. The third-order valence-corrected chi connectivity index (χ3v) is 4.63. The fourth-order valence-corrected chi connectivity index (χ4v) is 3.59. The fourth-order valence-electron chi connectivity index (χ4n) is 3.59. The van der Waals surface area contributed by atoms with E-state index in [1.807, 2.05) is 24.3 Å². The van der Waals surface area contributed by atoms with Crippen LogP contribution in [0.1, 0.15) is 25.3 Å². The number of phenolic OH excluding ortho intramolecular Hbond substituents is 2. The lowest BCUT2D eigenvalue weighted by Gasteiger charge is -2.15. The van der Waals surface area contributed by atoms with Crippen molar-refractivity contribution in [2.24, 2.45) is 0 Å². The van der Waals surface area contributed by atoms with Gasteiger partial charge in [-0.15, -0.1) is 0 Å². The van der Waals surface area contributed by atoms with Gasteiger partial charge in [0.1, 0.15) is 11.5 Å². The first-order valence-electron chi connectivity index (χ1n) is 7.87. The molecule has 23 heavy (non-hydrogen) atoms. The van der Waals surface area contributed by atoms with Gasteiger partial charge in [-0.05, 0) is 45.0 Å². The number of benzene rings is 4. The van der Waals surface area contributed by atoms with Crippen LogP contribution < -0.4 is 0 Å². The Kier molecular flexibility index (Phi) is 2.95. The van der Waals surface area contributed by atoms with Gasteiger partial charge in [-0.2, -0.15) is 0 Å². The van der Waals surface area contributed by atoms with Crippen LogP contribution in [0.4, 0.5) is 0 Å². The van der Waals surface area contributed by atoms with Crippen LogP contribution >= 0.6 is 0 Å². The van der Waals surface area contributed by atoms with E-state index in [-0.39, 0.29) is 5.92 Å². The van der Waals surface area contributed by atoms with Gasteiger partial charge in [0.05, 0.1) is 0 Å². The molecule has 4 aromatic rings. The normalized spacial score (nSPS) is 11.8. The lowest BCUT2D eigenvalue weighted by molar-refractivity contribution is 0.466. The second-order valence-corrected chi connectivity index (χ2v) is 6.35. The van der Waals surface area contributed by atoms with Gasteiger partial charge >= 0.3 is 0 Å². The van der Waals surface area contributed by atoms with E-state index in [2.05, 4.69) is 32.0 Å². The Balaban J connectivity index is 2.21. The molecule has 0 amide bonds. The van der Waals surface area contributed by atoms with Gasteiger partial charge in [0.15, 0.2) is 0 Å². The molecule has 0 heterocycles. The summed E-state index contributed by atoms with van der Waals surface area (Å²) in [6.45, 7) is 4.19. The largest absolute Gasteiger partial charge is 0.508 e. The van der Waals surface area contributed by atoms with E-state index in [9.17, 15) is 10.2 Å². The van der Waals surface area contributed by atoms with Crippen molar-refractivity contribution in [1.82, 2.24) is 0 Å². The third kappa shape index (κ3) is 1.95. The van der Waals surface area contributed by atoms with Crippen molar-refractivity contribution in [3.63, 3.8) is 0 Å². The van der Waals surface area contributed by atoms with Crippen molar-refractivity contribution >= 4 is 32.3 Å². The highest BCUT2D eigenvalue weighted by molar-refractivity contribution is 6.18. The van der Waals surface area contributed by atoms with Crippen molar-refractivity contribution in [1.29, 1.82) is 0 Å². The fraction of sp³-hybridized carbons (Fsp3) is 0.143. The molecule has 0 bridgehead atoms. The van der Waals surface area contributed by atoms with Crippen LogP contribution in [-0.2, 0) is 0 Å². The maximum Gasteiger partial charge on any atom is 0.123 e. The molecular formula is C21H18O2. The van der Waals surface area contributed by atoms with Crippen LogP contribution in [0, 0.1) is 0 Å². The van der Waals surface area contributed by atoms with E-state index in [1.165, 1.54) is 0 Å². The first kappa shape index (κ1) is 13.9. The summed E-state index contributed by atoms with van der Waals surface area (Å²) in [7, 11) is 0. The highest BCUT2D eigenvalue weighted by Gasteiger charge is 2.13. The summed E-state index contributed by atoms with van der Waals surface area (Å²) in [5, 5.41) is 26.7. The smallest absolute Gasteiger partial charge is 0.123 e.